The zero-order valence-corrected chi connectivity index (χ0v) is 12.1. The van der Waals surface area contributed by atoms with Crippen LogP contribution in [-0.2, 0) is 14.3 Å². The van der Waals surface area contributed by atoms with Crippen LogP contribution in [0.2, 0.25) is 0 Å². The van der Waals surface area contributed by atoms with Crippen LogP contribution in [0.4, 0.5) is 4.79 Å². The number of ether oxygens (including phenoxy) is 2. The molecule has 3 N–H and O–H groups in total. The Morgan fingerprint density at radius 3 is 2.85 bits per heavy atom. The van der Waals surface area contributed by atoms with Gasteiger partial charge in [-0.2, -0.15) is 0 Å². The molecule has 0 bridgehead atoms. The zero-order valence-electron chi connectivity index (χ0n) is 12.1. The van der Waals surface area contributed by atoms with E-state index in [1.807, 2.05) is 6.92 Å². The maximum absolute atomic E-state index is 11.8. The first-order valence-corrected chi connectivity index (χ1v) is 6.93. The maximum Gasteiger partial charge on any atom is 0.326 e. The summed E-state index contributed by atoms with van der Waals surface area (Å²) in [5, 5.41) is 14.4. The number of carbonyl (C=O) groups excluding carboxylic acids is 1. The molecule has 0 saturated carbocycles. The number of carboxylic acid groups (broad SMARTS) is 1. The predicted octanol–water partition coefficient (Wildman–Crippen LogP) is 0.733. The third-order valence-corrected chi connectivity index (χ3v) is 3.27. The van der Waals surface area contributed by atoms with Crippen molar-refractivity contribution in [2.24, 2.45) is 0 Å². The Kier molecular flexibility index (Phi) is 7.32. The summed E-state index contributed by atoms with van der Waals surface area (Å²) in [7, 11) is 1.56. The van der Waals surface area contributed by atoms with Gasteiger partial charge in [0, 0.05) is 26.4 Å². The smallest absolute Gasteiger partial charge is 0.326 e. The van der Waals surface area contributed by atoms with Crippen LogP contribution in [0.15, 0.2) is 0 Å². The normalized spacial score (nSPS) is 23.9. The highest BCUT2D eigenvalue weighted by Crippen LogP contribution is 2.12. The van der Waals surface area contributed by atoms with Crippen LogP contribution in [0.1, 0.15) is 32.6 Å². The van der Waals surface area contributed by atoms with E-state index in [-0.39, 0.29) is 12.1 Å². The molecule has 1 aliphatic rings. The Labute approximate surface area is 119 Å². The minimum atomic E-state index is -1.03. The molecule has 20 heavy (non-hydrogen) atoms. The highest BCUT2D eigenvalue weighted by Gasteiger charge is 2.24. The average Bonchev–Trinajstić information content (AvgIpc) is 2.37. The van der Waals surface area contributed by atoms with Crippen molar-refractivity contribution in [1.29, 1.82) is 0 Å². The molecule has 7 heteroatoms. The number of methoxy groups -OCH3 is 1. The number of amides is 2. The summed E-state index contributed by atoms with van der Waals surface area (Å²) in [6, 6.07) is -1.29. The third kappa shape index (κ3) is 6.21. The van der Waals surface area contributed by atoms with E-state index in [0.29, 0.717) is 26.1 Å². The molecule has 2 amide bonds. The van der Waals surface area contributed by atoms with Crippen molar-refractivity contribution in [3.63, 3.8) is 0 Å². The Hall–Kier alpha value is -1.34. The Morgan fingerprint density at radius 1 is 1.50 bits per heavy atom. The summed E-state index contributed by atoms with van der Waals surface area (Å²) in [5.74, 6) is -1.03. The molecule has 0 aliphatic carbocycles. The molecular formula is C13H24N2O5. The lowest BCUT2D eigenvalue weighted by molar-refractivity contribution is -0.139. The Bertz CT molecular complexity index is 324. The van der Waals surface area contributed by atoms with Crippen LogP contribution in [-0.4, -0.2) is 55.6 Å². The standard InChI is InChI=1S/C13H24N2O5/c1-9-8-10(5-7-20-9)14-13(18)15-11(12(16)17)4-3-6-19-2/h9-11H,3-8H2,1-2H3,(H,16,17)(H2,14,15,18). The van der Waals surface area contributed by atoms with Gasteiger partial charge in [0.25, 0.3) is 0 Å². The second-order valence-electron chi connectivity index (χ2n) is 5.05. The van der Waals surface area contributed by atoms with Gasteiger partial charge in [-0.15, -0.1) is 0 Å². The lowest BCUT2D eigenvalue weighted by Gasteiger charge is -2.28. The minimum absolute atomic E-state index is 0.0344. The van der Waals surface area contributed by atoms with Crippen molar-refractivity contribution in [2.75, 3.05) is 20.3 Å². The van der Waals surface area contributed by atoms with Crippen molar-refractivity contribution in [3.05, 3.63) is 0 Å². The molecule has 0 aromatic rings. The molecule has 0 spiro atoms. The van der Waals surface area contributed by atoms with Crippen LogP contribution in [0.25, 0.3) is 0 Å². The quantitative estimate of drug-likeness (QED) is 0.600. The molecule has 3 unspecified atom stereocenters. The molecule has 1 aliphatic heterocycles. The van der Waals surface area contributed by atoms with Gasteiger partial charge in [-0.25, -0.2) is 9.59 Å². The second kappa shape index (κ2) is 8.76. The predicted molar refractivity (Wildman–Crippen MR) is 72.6 cm³/mol. The number of aliphatic carboxylic acids is 1. The highest BCUT2D eigenvalue weighted by atomic mass is 16.5. The second-order valence-corrected chi connectivity index (χ2v) is 5.05. The number of urea groups is 1. The molecule has 0 aromatic carbocycles. The molecule has 1 fully saturated rings. The van der Waals surface area contributed by atoms with E-state index >= 15 is 0 Å². The van der Waals surface area contributed by atoms with Crippen LogP contribution < -0.4 is 10.6 Å². The lowest BCUT2D eigenvalue weighted by atomic mass is 10.0. The van der Waals surface area contributed by atoms with E-state index in [0.717, 1.165) is 12.8 Å². The summed E-state index contributed by atoms with van der Waals surface area (Å²) in [6.45, 7) is 3.05. The van der Waals surface area contributed by atoms with E-state index in [2.05, 4.69) is 10.6 Å². The number of hydrogen-bond acceptors (Lipinski definition) is 4. The number of nitrogens with one attached hydrogen (secondary N) is 2. The fourth-order valence-corrected chi connectivity index (χ4v) is 2.20. The van der Waals surface area contributed by atoms with Crippen LogP contribution >= 0.6 is 0 Å². The van der Waals surface area contributed by atoms with Gasteiger partial charge in [-0.1, -0.05) is 0 Å². The monoisotopic (exact) mass is 288 g/mol. The summed E-state index contributed by atoms with van der Waals surface area (Å²) in [5.41, 5.74) is 0. The minimum Gasteiger partial charge on any atom is -0.480 e. The first-order valence-electron chi connectivity index (χ1n) is 6.93. The maximum atomic E-state index is 11.8. The summed E-state index contributed by atoms with van der Waals surface area (Å²) >= 11 is 0. The molecule has 1 heterocycles. The molecule has 3 atom stereocenters. The largest absolute Gasteiger partial charge is 0.480 e. The molecular weight excluding hydrogens is 264 g/mol. The highest BCUT2D eigenvalue weighted by molar-refractivity contribution is 5.82. The average molecular weight is 288 g/mol. The van der Waals surface area contributed by atoms with E-state index in [9.17, 15) is 9.59 Å². The first-order chi connectivity index (χ1) is 9.52. The van der Waals surface area contributed by atoms with Crippen molar-refractivity contribution >= 4 is 12.0 Å². The molecule has 1 rings (SSSR count). The molecule has 0 radical (unpaired) electrons. The van der Waals surface area contributed by atoms with E-state index in [1.165, 1.54) is 0 Å². The lowest BCUT2D eigenvalue weighted by Crippen LogP contribution is -2.50. The van der Waals surface area contributed by atoms with Crippen molar-refractivity contribution < 1.29 is 24.2 Å². The van der Waals surface area contributed by atoms with Gasteiger partial charge in [-0.05, 0) is 32.6 Å². The summed E-state index contributed by atoms with van der Waals surface area (Å²) < 4.78 is 10.3. The zero-order chi connectivity index (χ0) is 15.0. The molecule has 7 nitrogen and oxygen atoms in total. The van der Waals surface area contributed by atoms with Gasteiger partial charge in [0.05, 0.1) is 6.10 Å². The molecule has 1 saturated heterocycles. The van der Waals surface area contributed by atoms with Crippen LogP contribution in [0, 0.1) is 0 Å². The Balaban J connectivity index is 2.35. The molecule has 0 aromatic heterocycles. The van der Waals surface area contributed by atoms with Gasteiger partial charge in [0.2, 0.25) is 0 Å². The first kappa shape index (κ1) is 16.7. The fourth-order valence-electron chi connectivity index (χ4n) is 2.20. The Morgan fingerprint density at radius 2 is 2.25 bits per heavy atom. The molecule has 116 valence electrons. The third-order valence-electron chi connectivity index (χ3n) is 3.27. The van der Waals surface area contributed by atoms with Crippen LogP contribution in [0.3, 0.4) is 0 Å². The van der Waals surface area contributed by atoms with Gasteiger partial charge >= 0.3 is 12.0 Å². The fraction of sp³-hybridized carbons (Fsp3) is 0.846. The van der Waals surface area contributed by atoms with Crippen molar-refractivity contribution in [1.82, 2.24) is 10.6 Å². The number of carbonyl (C=O) groups is 2. The van der Waals surface area contributed by atoms with E-state index in [4.69, 9.17) is 14.6 Å². The number of rotatable bonds is 7. The number of hydrogen-bond donors (Lipinski definition) is 3. The van der Waals surface area contributed by atoms with E-state index in [1.54, 1.807) is 7.11 Å². The summed E-state index contributed by atoms with van der Waals surface area (Å²) in [4.78, 5) is 22.9. The van der Waals surface area contributed by atoms with Gasteiger partial charge in [0.1, 0.15) is 6.04 Å². The van der Waals surface area contributed by atoms with Crippen LogP contribution in [0.5, 0.6) is 0 Å². The van der Waals surface area contributed by atoms with Gasteiger partial charge < -0.3 is 25.2 Å². The summed E-state index contributed by atoms with van der Waals surface area (Å²) in [6.07, 6.45) is 2.54. The van der Waals surface area contributed by atoms with Gasteiger partial charge in [-0.3, -0.25) is 0 Å². The van der Waals surface area contributed by atoms with Crippen molar-refractivity contribution in [3.8, 4) is 0 Å². The van der Waals surface area contributed by atoms with E-state index < -0.39 is 18.0 Å². The van der Waals surface area contributed by atoms with Crippen molar-refractivity contribution in [2.45, 2.75) is 50.8 Å². The van der Waals surface area contributed by atoms with Gasteiger partial charge in [0.15, 0.2) is 0 Å². The SMILES string of the molecule is COCCCC(NC(=O)NC1CCOC(C)C1)C(=O)O. The topological polar surface area (TPSA) is 96.9 Å². The number of carboxylic acids is 1.